The number of urea groups is 1. The summed E-state index contributed by atoms with van der Waals surface area (Å²) in [7, 11) is 0. The number of carbonyl (C=O) groups is 1. The molecule has 2 aromatic carbocycles. The van der Waals surface area contributed by atoms with E-state index in [1.165, 1.54) is 18.2 Å². The van der Waals surface area contributed by atoms with Crippen molar-refractivity contribution in [3.05, 3.63) is 60.2 Å². The summed E-state index contributed by atoms with van der Waals surface area (Å²) in [5, 5.41) is 0. The molecule has 2 heterocycles. The monoisotopic (exact) mass is 386 g/mol. The molecule has 2 fully saturated rings. The Labute approximate surface area is 163 Å². The molecule has 2 saturated heterocycles. The number of carbonyl (C=O) groups excluding carboxylic acids is 1. The summed E-state index contributed by atoms with van der Waals surface area (Å²) < 4.78 is 27.0. The first-order chi connectivity index (χ1) is 13.6. The molecule has 0 spiro atoms. The standard InChI is InChI=1S/C21H24F2N4O/c22-17-5-7-18(8-6-17)24-9-13-26(14-10-24)21(28)27-15-11-25(12-16-27)20-4-2-1-3-19(20)23/h1-8H,9-16H2. The maximum Gasteiger partial charge on any atom is 0.320 e. The van der Waals surface area contributed by atoms with Crippen molar-refractivity contribution in [1.82, 2.24) is 9.80 Å². The zero-order valence-electron chi connectivity index (χ0n) is 15.7. The highest BCUT2D eigenvalue weighted by Gasteiger charge is 2.28. The van der Waals surface area contributed by atoms with Crippen LogP contribution in [-0.2, 0) is 0 Å². The van der Waals surface area contributed by atoms with Crippen molar-refractivity contribution in [2.45, 2.75) is 0 Å². The van der Waals surface area contributed by atoms with Crippen LogP contribution in [0.3, 0.4) is 0 Å². The maximum absolute atomic E-state index is 14.0. The van der Waals surface area contributed by atoms with Crippen molar-refractivity contribution in [1.29, 1.82) is 0 Å². The Balaban J connectivity index is 1.29. The molecule has 0 bridgehead atoms. The number of piperazine rings is 2. The number of hydrogen-bond acceptors (Lipinski definition) is 3. The maximum atomic E-state index is 14.0. The number of nitrogens with zero attached hydrogens (tertiary/aromatic N) is 4. The molecule has 0 radical (unpaired) electrons. The minimum absolute atomic E-state index is 0.0481. The third kappa shape index (κ3) is 3.88. The van der Waals surface area contributed by atoms with E-state index in [0.29, 0.717) is 45.0 Å². The van der Waals surface area contributed by atoms with E-state index in [4.69, 9.17) is 0 Å². The van der Waals surface area contributed by atoms with E-state index in [-0.39, 0.29) is 17.7 Å². The largest absolute Gasteiger partial charge is 0.368 e. The van der Waals surface area contributed by atoms with Crippen LogP contribution in [0.1, 0.15) is 0 Å². The Morgan fingerprint density at radius 2 is 1.21 bits per heavy atom. The summed E-state index contributed by atoms with van der Waals surface area (Å²) in [6, 6.07) is 13.3. The van der Waals surface area contributed by atoms with Gasteiger partial charge in [-0.25, -0.2) is 13.6 Å². The molecule has 28 heavy (non-hydrogen) atoms. The van der Waals surface area contributed by atoms with Gasteiger partial charge in [0.25, 0.3) is 0 Å². The first-order valence-corrected chi connectivity index (χ1v) is 9.66. The molecule has 7 heteroatoms. The van der Waals surface area contributed by atoms with Crippen LogP contribution in [0.5, 0.6) is 0 Å². The van der Waals surface area contributed by atoms with Gasteiger partial charge in [-0.15, -0.1) is 0 Å². The van der Waals surface area contributed by atoms with Gasteiger partial charge >= 0.3 is 6.03 Å². The molecular formula is C21H24F2N4O. The summed E-state index contributed by atoms with van der Waals surface area (Å²) in [5.74, 6) is -0.466. The second-order valence-electron chi connectivity index (χ2n) is 7.16. The van der Waals surface area contributed by atoms with Gasteiger partial charge in [0.05, 0.1) is 5.69 Å². The smallest absolute Gasteiger partial charge is 0.320 e. The Hall–Kier alpha value is -2.83. The molecule has 0 N–H and O–H groups in total. The zero-order valence-corrected chi connectivity index (χ0v) is 15.7. The first kappa shape index (κ1) is 18.5. The van der Waals surface area contributed by atoms with Crippen LogP contribution in [0.2, 0.25) is 0 Å². The molecule has 2 amide bonds. The Morgan fingerprint density at radius 3 is 1.79 bits per heavy atom. The third-order valence-electron chi connectivity index (χ3n) is 5.49. The van der Waals surface area contributed by atoms with E-state index in [9.17, 15) is 13.6 Å². The minimum Gasteiger partial charge on any atom is -0.368 e. The average Bonchev–Trinajstić information content (AvgIpc) is 2.74. The van der Waals surface area contributed by atoms with Gasteiger partial charge in [-0.1, -0.05) is 12.1 Å². The van der Waals surface area contributed by atoms with Crippen LogP contribution in [0, 0.1) is 11.6 Å². The summed E-state index contributed by atoms with van der Waals surface area (Å²) in [6.45, 7) is 5.17. The van der Waals surface area contributed by atoms with Crippen LogP contribution >= 0.6 is 0 Å². The molecule has 0 aromatic heterocycles. The van der Waals surface area contributed by atoms with E-state index < -0.39 is 0 Å². The second-order valence-corrected chi connectivity index (χ2v) is 7.16. The van der Waals surface area contributed by atoms with Crippen LogP contribution in [0.25, 0.3) is 0 Å². The van der Waals surface area contributed by atoms with Gasteiger partial charge < -0.3 is 19.6 Å². The van der Waals surface area contributed by atoms with Gasteiger partial charge in [-0.05, 0) is 36.4 Å². The summed E-state index contributed by atoms with van der Waals surface area (Å²) in [6.07, 6.45) is 0. The first-order valence-electron chi connectivity index (χ1n) is 9.66. The summed E-state index contributed by atoms with van der Waals surface area (Å²) in [5.41, 5.74) is 1.58. The lowest BCUT2D eigenvalue weighted by Crippen LogP contribution is -2.57. The van der Waals surface area contributed by atoms with Crippen molar-refractivity contribution < 1.29 is 13.6 Å². The van der Waals surface area contributed by atoms with E-state index in [2.05, 4.69) is 4.90 Å². The predicted molar refractivity (Wildman–Crippen MR) is 106 cm³/mol. The highest BCUT2D eigenvalue weighted by Crippen LogP contribution is 2.21. The summed E-state index contributed by atoms with van der Waals surface area (Å²) >= 11 is 0. The van der Waals surface area contributed by atoms with Crippen molar-refractivity contribution in [3.63, 3.8) is 0 Å². The van der Waals surface area contributed by atoms with Crippen molar-refractivity contribution in [3.8, 4) is 0 Å². The number of rotatable bonds is 2. The number of anilines is 2. The van der Waals surface area contributed by atoms with E-state index in [0.717, 1.165) is 18.8 Å². The van der Waals surface area contributed by atoms with E-state index in [1.807, 2.05) is 20.8 Å². The van der Waals surface area contributed by atoms with Crippen LogP contribution in [0.4, 0.5) is 25.0 Å². The predicted octanol–water partition coefficient (Wildman–Crippen LogP) is 3.03. The molecule has 4 rings (SSSR count). The van der Waals surface area contributed by atoms with Gasteiger partial charge in [-0.3, -0.25) is 0 Å². The lowest BCUT2D eigenvalue weighted by Gasteiger charge is -2.41. The number of benzene rings is 2. The number of hydrogen-bond donors (Lipinski definition) is 0. The van der Waals surface area contributed by atoms with Gasteiger partial charge in [-0.2, -0.15) is 0 Å². The molecular weight excluding hydrogens is 362 g/mol. The van der Waals surface area contributed by atoms with Crippen LogP contribution < -0.4 is 9.80 Å². The molecule has 2 aliphatic rings. The average molecular weight is 386 g/mol. The molecule has 0 unspecified atom stereocenters. The van der Waals surface area contributed by atoms with Gasteiger partial charge in [0.1, 0.15) is 11.6 Å². The fourth-order valence-electron chi connectivity index (χ4n) is 3.85. The molecule has 0 aliphatic carbocycles. The fourth-order valence-corrected chi connectivity index (χ4v) is 3.85. The quantitative estimate of drug-likeness (QED) is 0.795. The molecule has 0 saturated carbocycles. The molecule has 5 nitrogen and oxygen atoms in total. The Bertz CT molecular complexity index is 813. The molecule has 0 atom stereocenters. The third-order valence-corrected chi connectivity index (χ3v) is 5.49. The zero-order chi connectivity index (χ0) is 19.5. The van der Waals surface area contributed by atoms with Crippen molar-refractivity contribution in [2.75, 3.05) is 62.2 Å². The SMILES string of the molecule is O=C(N1CCN(c2ccc(F)cc2)CC1)N1CCN(c2ccccc2F)CC1. The normalized spacial score (nSPS) is 17.8. The molecule has 2 aliphatic heterocycles. The van der Waals surface area contributed by atoms with Crippen molar-refractivity contribution in [2.24, 2.45) is 0 Å². The van der Waals surface area contributed by atoms with Crippen LogP contribution in [0.15, 0.2) is 48.5 Å². The minimum atomic E-state index is -0.243. The van der Waals surface area contributed by atoms with E-state index >= 15 is 0 Å². The highest BCUT2D eigenvalue weighted by molar-refractivity contribution is 5.75. The fraction of sp³-hybridized carbons (Fsp3) is 0.381. The topological polar surface area (TPSA) is 30.0 Å². The molecule has 148 valence electrons. The Kier molecular flexibility index (Phi) is 5.32. The Morgan fingerprint density at radius 1 is 0.679 bits per heavy atom. The second kappa shape index (κ2) is 8.04. The lowest BCUT2D eigenvalue weighted by molar-refractivity contribution is 0.147. The summed E-state index contributed by atoms with van der Waals surface area (Å²) in [4.78, 5) is 20.7. The van der Waals surface area contributed by atoms with Gasteiger partial charge in [0.15, 0.2) is 0 Å². The van der Waals surface area contributed by atoms with Crippen molar-refractivity contribution >= 4 is 17.4 Å². The van der Waals surface area contributed by atoms with E-state index in [1.54, 1.807) is 24.3 Å². The van der Waals surface area contributed by atoms with Crippen LogP contribution in [-0.4, -0.2) is 68.2 Å². The van der Waals surface area contributed by atoms with Gasteiger partial charge in [0, 0.05) is 58.0 Å². The lowest BCUT2D eigenvalue weighted by atomic mass is 10.2. The molecule has 2 aromatic rings. The van der Waals surface area contributed by atoms with Gasteiger partial charge in [0.2, 0.25) is 0 Å². The number of amides is 2. The number of para-hydroxylation sites is 1. The number of halogens is 2. The highest BCUT2D eigenvalue weighted by atomic mass is 19.1.